The minimum atomic E-state index is -4.03. The van der Waals surface area contributed by atoms with Crippen molar-refractivity contribution >= 4 is 10.0 Å². The van der Waals surface area contributed by atoms with Gasteiger partial charge in [-0.25, -0.2) is 17.2 Å². The Morgan fingerprint density at radius 1 is 1.38 bits per heavy atom. The Labute approximate surface area is 124 Å². The van der Waals surface area contributed by atoms with Gasteiger partial charge < -0.3 is 5.73 Å². The van der Waals surface area contributed by atoms with Gasteiger partial charge in [-0.15, -0.1) is 0 Å². The summed E-state index contributed by atoms with van der Waals surface area (Å²) in [7, 11) is -4.03. The minimum Gasteiger partial charge on any atom is -0.326 e. The van der Waals surface area contributed by atoms with Crippen LogP contribution in [0.25, 0.3) is 0 Å². The average Bonchev–Trinajstić information content (AvgIpc) is 2.92. The fourth-order valence-electron chi connectivity index (χ4n) is 2.58. The van der Waals surface area contributed by atoms with Gasteiger partial charge in [-0.3, -0.25) is 0 Å². The van der Waals surface area contributed by atoms with Gasteiger partial charge in [-0.1, -0.05) is 13.8 Å². The fourth-order valence-corrected chi connectivity index (χ4v) is 4.21. The number of sulfonamides is 1. The minimum absolute atomic E-state index is 0.0473. The van der Waals surface area contributed by atoms with E-state index in [9.17, 15) is 17.2 Å². The lowest BCUT2D eigenvalue weighted by Gasteiger charge is -2.19. The van der Waals surface area contributed by atoms with Gasteiger partial charge >= 0.3 is 0 Å². The number of hydrogen-bond acceptors (Lipinski definition) is 3. The molecule has 0 radical (unpaired) electrons. The second-order valence-electron chi connectivity index (χ2n) is 5.75. The van der Waals surface area contributed by atoms with Crippen LogP contribution in [0.3, 0.4) is 0 Å². The molecule has 0 aromatic heterocycles. The van der Waals surface area contributed by atoms with Crippen LogP contribution in [-0.4, -0.2) is 25.8 Å². The molecule has 1 atom stereocenters. The van der Waals surface area contributed by atoms with Crippen LogP contribution in [-0.2, 0) is 16.6 Å². The highest BCUT2D eigenvalue weighted by atomic mass is 32.2. The van der Waals surface area contributed by atoms with Gasteiger partial charge in [-0.05, 0) is 36.0 Å². The van der Waals surface area contributed by atoms with E-state index in [0.717, 1.165) is 18.6 Å². The molecule has 7 heteroatoms. The molecule has 4 nitrogen and oxygen atoms in total. The molecular weight excluding hydrogens is 298 g/mol. The predicted molar refractivity (Wildman–Crippen MR) is 76.0 cm³/mol. The van der Waals surface area contributed by atoms with Gasteiger partial charge in [0.25, 0.3) is 0 Å². The number of nitrogens with two attached hydrogens (primary N) is 1. The molecule has 118 valence electrons. The van der Waals surface area contributed by atoms with Crippen LogP contribution in [0.1, 0.15) is 25.8 Å². The summed E-state index contributed by atoms with van der Waals surface area (Å²) >= 11 is 0. The first-order valence-corrected chi connectivity index (χ1v) is 8.39. The zero-order chi connectivity index (χ0) is 15.8. The molecule has 2 rings (SSSR count). The van der Waals surface area contributed by atoms with Gasteiger partial charge in [0.1, 0.15) is 4.90 Å². The lowest BCUT2D eigenvalue weighted by Crippen LogP contribution is -2.30. The highest BCUT2D eigenvalue weighted by Crippen LogP contribution is 2.30. The Morgan fingerprint density at radius 3 is 2.57 bits per heavy atom. The molecule has 0 bridgehead atoms. The van der Waals surface area contributed by atoms with E-state index in [2.05, 4.69) is 0 Å². The normalized spacial score (nSPS) is 20.4. The molecule has 1 saturated heterocycles. The van der Waals surface area contributed by atoms with Crippen LogP contribution in [0.15, 0.2) is 17.0 Å². The largest absolute Gasteiger partial charge is 0.326 e. The second kappa shape index (κ2) is 5.98. The molecule has 0 aliphatic carbocycles. The van der Waals surface area contributed by atoms with E-state index in [1.165, 1.54) is 4.31 Å². The molecule has 0 amide bonds. The molecule has 2 N–H and O–H groups in total. The number of benzene rings is 1. The van der Waals surface area contributed by atoms with Crippen molar-refractivity contribution in [3.8, 4) is 0 Å². The van der Waals surface area contributed by atoms with Crippen LogP contribution in [0.5, 0.6) is 0 Å². The standard InChI is InChI=1S/C14H20F2N2O2S/c1-9(2)11-3-4-18(8-11)21(19,20)13-6-10(7-17)5-12(15)14(13)16/h5-6,9,11H,3-4,7-8,17H2,1-2H3. The molecule has 0 saturated carbocycles. The van der Waals surface area contributed by atoms with Crippen molar-refractivity contribution in [2.24, 2.45) is 17.6 Å². The maximum Gasteiger partial charge on any atom is 0.246 e. The summed E-state index contributed by atoms with van der Waals surface area (Å²) in [5.74, 6) is -1.93. The molecule has 1 heterocycles. The molecule has 1 unspecified atom stereocenters. The first-order chi connectivity index (χ1) is 9.77. The van der Waals surface area contributed by atoms with E-state index in [0.29, 0.717) is 19.0 Å². The predicted octanol–water partition coefficient (Wildman–Crippen LogP) is 2.09. The summed E-state index contributed by atoms with van der Waals surface area (Å²) in [6.07, 6.45) is 0.734. The van der Waals surface area contributed by atoms with Gasteiger partial charge in [0.2, 0.25) is 10.0 Å². The number of nitrogens with zero attached hydrogens (tertiary/aromatic N) is 1. The van der Waals surface area contributed by atoms with Crippen LogP contribution in [0.2, 0.25) is 0 Å². The fraction of sp³-hybridized carbons (Fsp3) is 0.571. The molecule has 0 spiro atoms. The highest BCUT2D eigenvalue weighted by molar-refractivity contribution is 7.89. The molecule has 1 aromatic carbocycles. The Balaban J connectivity index is 2.39. The molecule has 1 fully saturated rings. The van der Waals surface area contributed by atoms with Crippen LogP contribution < -0.4 is 5.73 Å². The van der Waals surface area contributed by atoms with Crippen LogP contribution in [0, 0.1) is 23.5 Å². The highest BCUT2D eigenvalue weighted by Gasteiger charge is 2.36. The monoisotopic (exact) mass is 318 g/mol. The summed E-state index contributed by atoms with van der Waals surface area (Å²) in [5, 5.41) is 0. The van der Waals surface area contributed by atoms with Crippen molar-refractivity contribution < 1.29 is 17.2 Å². The Bertz CT molecular complexity index is 632. The molecule has 1 aromatic rings. The van der Waals surface area contributed by atoms with Crippen LogP contribution in [0.4, 0.5) is 8.78 Å². The van der Waals surface area contributed by atoms with Crippen molar-refractivity contribution in [3.63, 3.8) is 0 Å². The summed E-state index contributed by atoms with van der Waals surface area (Å²) in [4.78, 5) is -0.618. The van der Waals surface area contributed by atoms with E-state index in [4.69, 9.17) is 5.73 Å². The van der Waals surface area contributed by atoms with E-state index in [1.807, 2.05) is 13.8 Å². The number of halogens is 2. The summed E-state index contributed by atoms with van der Waals surface area (Å²) in [6, 6.07) is 2.05. The quantitative estimate of drug-likeness (QED) is 0.924. The SMILES string of the molecule is CC(C)C1CCN(S(=O)(=O)c2cc(CN)cc(F)c2F)C1. The van der Waals surface area contributed by atoms with E-state index in [1.54, 1.807) is 0 Å². The van der Waals surface area contributed by atoms with Gasteiger partial charge in [0, 0.05) is 19.6 Å². The maximum atomic E-state index is 13.9. The van der Waals surface area contributed by atoms with E-state index < -0.39 is 26.6 Å². The van der Waals surface area contributed by atoms with E-state index in [-0.39, 0.29) is 18.0 Å². The average molecular weight is 318 g/mol. The summed E-state index contributed by atoms with van der Waals surface area (Å²) < 4.78 is 53.7. The smallest absolute Gasteiger partial charge is 0.246 e. The van der Waals surface area contributed by atoms with Crippen molar-refractivity contribution in [1.82, 2.24) is 4.31 Å². The van der Waals surface area contributed by atoms with Crippen molar-refractivity contribution in [3.05, 3.63) is 29.3 Å². The van der Waals surface area contributed by atoms with E-state index >= 15 is 0 Å². The Hall–Kier alpha value is -1.05. The summed E-state index contributed by atoms with van der Waals surface area (Å²) in [6.45, 7) is 4.67. The Kier molecular flexibility index (Phi) is 4.65. The Morgan fingerprint density at radius 2 is 2.05 bits per heavy atom. The maximum absolute atomic E-state index is 13.9. The van der Waals surface area contributed by atoms with Gasteiger partial charge in [-0.2, -0.15) is 4.31 Å². The van der Waals surface area contributed by atoms with Crippen molar-refractivity contribution in [2.45, 2.75) is 31.7 Å². The topological polar surface area (TPSA) is 63.4 Å². The molecular formula is C14H20F2N2O2S. The third kappa shape index (κ3) is 3.09. The first-order valence-electron chi connectivity index (χ1n) is 6.95. The zero-order valence-corrected chi connectivity index (χ0v) is 13.0. The third-order valence-electron chi connectivity index (χ3n) is 4.04. The zero-order valence-electron chi connectivity index (χ0n) is 12.1. The van der Waals surface area contributed by atoms with Crippen molar-refractivity contribution in [1.29, 1.82) is 0 Å². The molecule has 21 heavy (non-hydrogen) atoms. The van der Waals surface area contributed by atoms with Crippen molar-refractivity contribution in [2.75, 3.05) is 13.1 Å². The van der Waals surface area contributed by atoms with Gasteiger partial charge in [0.15, 0.2) is 11.6 Å². The molecule has 1 aliphatic rings. The summed E-state index contributed by atoms with van der Waals surface area (Å²) in [5.41, 5.74) is 5.66. The second-order valence-corrected chi connectivity index (χ2v) is 7.66. The van der Waals surface area contributed by atoms with Crippen LogP contribution >= 0.6 is 0 Å². The molecule has 1 aliphatic heterocycles. The lowest BCUT2D eigenvalue weighted by molar-refractivity contribution is 0.386. The lowest BCUT2D eigenvalue weighted by atomic mass is 9.96. The third-order valence-corrected chi connectivity index (χ3v) is 5.90. The number of rotatable bonds is 4. The first kappa shape index (κ1) is 16.3. The van der Waals surface area contributed by atoms with Gasteiger partial charge in [0.05, 0.1) is 0 Å². The number of hydrogen-bond donors (Lipinski definition) is 1.